The highest BCUT2D eigenvalue weighted by Gasteiger charge is 2.27. The Balaban J connectivity index is 2.42. The van der Waals surface area contributed by atoms with E-state index in [2.05, 4.69) is 5.32 Å². The van der Waals surface area contributed by atoms with Crippen molar-refractivity contribution in [2.24, 2.45) is 0 Å². The van der Waals surface area contributed by atoms with Crippen molar-refractivity contribution in [3.63, 3.8) is 0 Å². The summed E-state index contributed by atoms with van der Waals surface area (Å²) >= 11 is 0. The summed E-state index contributed by atoms with van der Waals surface area (Å²) < 4.78 is 27.6. The highest BCUT2D eigenvalue weighted by atomic mass is 32.2. The first-order valence-corrected chi connectivity index (χ1v) is 10.1. The second kappa shape index (κ2) is 8.36. The molecule has 26 heavy (non-hydrogen) atoms. The first-order chi connectivity index (χ1) is 12.2. The van der Waals surface area contributed by atoms with E-state index < -0.39 is 10.0 Å². The van der Waals surface area contributed by atoms with Crippen LogP contribution in [-0.2, 0) is 14.8 Å². The van der Waals surface area contributed by atoms with Crippen LogP contribution in [0.15, 0.2) is 53.4 Å². The summed E-state index contributed by atoms with van der Waals surface area (Å²) in [5, 5.41) is 2.83. The number of amides is 1. The molecule has 0 bridgehead atoms. The van der Waals surface area contributed by atoms with E-state index in [-0.39, 0.29) is 23.4 Å². The molecule has 140 valence electrons. The molecule has 1 amide bonds. The smallest absolute Gasteiger partial charge is 0.264 e. The van der Waals surface area contributed by atoms with E-state index in [1.807, 2.05) is 33.8 Å². The lowest BCUT2D eigenvalue weighted by molar-refractivity contribution is -0.120. The lowest BCUT2D eigenvalue weighted by Gasteiger charge is -2.25. The number of carbonyl (C=O) groups excluding carboxylic acids is 1. The number of aryl methyl sites for hydroxylation is 2. The number of hydrogen-bond donors (Lipinski definition) is 1. The molecule has 0 aliphatic heterocycles. The number of hydrogen-bond acceptors (Lipinski definition) is 3. The maximum Gasteiger partial charge on any atom is 0.264 e. The molecule has 0 aliphatic carbocycles. The van der Waals surface area contributed by atoms with Crippen LogP contribution in [0.3, 0.4) is 0 Å². The third-order valence-electron chi connectivity index (χ3n) is 4.21. The fourth-order valence-corrected chi connectivity index (χ4v) is 3.90. The first-order valence-electron chi connectivity index (χ1n) is 8.69. The maximum atomic E-state index is 13.2. The highest BCUT2D eigenvalue weighted by molar-refractivity contribution is 7.92. The van der Waals surface area contributed by atoms with Crippen LogP contribution in [0.4, 0.5) is 5.69 Å². The van der Waals surface area contributed by atoms with E-state index in [4.69, 9.17) is 0 Å². The van der Waals surface area contributed by atoms with Crippen molar-refractivity contribution < 1.29 is 13.2 Å². The average Bonchev–Trinajstić information content (AvgIpc) is 2.59. The summed E-state index contributed by atoms with van der Waals surface area (Å²) in [5.41, 5.74) is 2.37. The number of carbonyl (C=O) groups is 1. The zero-order chi connectivity index (χ0) is 19.3. The summed E-state index contributed by atoms with van der Waals surface area (Å²) in [6, 6.07) is 13.8. The van der Waals surface area contributed by atoms with Gasteiger partial charge < -0.3 is 5.32 Å². The number of nitrogens with one attached hydrogen (secondary N) is 1. The van der Waals surface area contributed by atoms with Gasteiger partial charge in [-0.05, 0) is 57.0 Å². The Morgan fingerprint density at radius 2 is 1.73 bits per heavy atom. The van der Waals surface area contributed by atoms with Gasteiger partial charge in [0.25, 0.3) is 10.0 Å². The van der Waals surface area contributed by atoms with Gasteiger partial charge in [-0.25, -0.2) is 8.42 Å². The number of sulfonamides is 1. The molecule has 1 atom stereocenters. The number of rotatable bonds is 7. The highest BCUT2D eigenvalue weighted by Crippen LogP contribution is 2.24. The summed E-state index contributed by atoms with van der Waals surface area (Å²) in [4.78, 5) is 12.6. The first kappa shape index (κ1) is 20.0. The second-order valence-electron chi connectivity index (χ2n) is 6.54. The standard InChI is InChI=1S/C20H26N2O3S/c1-5-17(4)21-20(23)14-22(18-8-6-7-16(3)13-18)26(24,25)19-11-9-15(2)10-12-19/h6-13,17H,5,14H2,1-4H3,(H,21,23)/t17-/m1/s1. The van der Waals surface area contributed by atoms with Crippen LogP contribution < -0.4 is 9.62 Å². The van der Waals surface area contributed by atoms with E-state index >= 15 is 0 Å². The topological polar surface area (TPSA) is 66.5 Å². The van der Waals surface area contributed by atoms with Gasteiger partial charge in [0.2, 0.25) is 5.91 Å². The Morgan fingerprint density at radius 1 is 1.08 bits per heavy atom. The molecule has 0 unspecified atom stereocenters. The van der Waals surface area contributed by atoms with Gasteiger partial charge in [-0.3, -0.25) is 9.10 Å². The zero-order valence-corrected chi connectivity index (χ0v) is 16.5. The SMILES string of the molecule is CC[C@@H](C)NC(=O)CN(c1cccc(C)c1)S(=O)(=O)c1ccc(C)cc1. The Labute approximate surface area is 156 Å². The molecule has 0 radical (unpaired) electrons. The molecule has 2 rings (SSSR count). The van der Waals surface area contributed by atoms with Crippen molar-refractivity contribution in [3.8, 4) is 0 Å². The summed E-state index contributed by atoms with van der Waals surface area (Å²) in [6.07, 6.45) is 0.779. The third kappa shape index (κ3) is 4.85. The zero-order valence-electron chi connectivity index (χ0n) is 15.7. The van der Waals surface area contributed by atoms with Crippen molar-refractivity contribution in [3.05, 3.63) is 59.7 Å². The van der Waals surface area contributed by atoms with E-state index in [0.717, 1.165) is 17.5 Å². The van der Waals surface area contributed by atoms with E-state index in [9.17, 15) is 13.2 Å². The van der Waals surface area contributed by atoms with Gasteiger partial charge in [0, 0.05) is 6.04 Å². The molecule has 0 heterocycles. The van der Waals surface area contributed by atoms with Gasteiger partial charge in [0.1, 0.15) is 6.54 Å². The maximum absolute atomic E-state index is 13.2. The molecule has 0 aliphatic rings. The van der Waals surface area contributed by atoms with Crippen LogP contribution >= 0.6 is 0 Å². The van der Waals surface area contributed by atoms with Crippen LogP contribution in [0.2, 0.25) is 0 Å². The van der Waals surface area contributed by atoms with Crippen LogP contribution in [-0.4, -0.2) is 26.9 Å². The minimum Gasteiger partial charge on any atom is -0.352 e. The predicted octanol–water partition coefficient (Wildman–Crippen LogP) is 3.41. The molecule has 0 fully saturated rings. The summed E-state index contributed by atoms with van der Waals surface area (Å²) in [6.45, 7) is 7.38. The average molecular weight is 375 g/mol. The fourth-order valence-electron chi connectivity index (χ4n) is 2.49. The summed E-state index contributed by atoms with van der Waals surface area (Å²) in [7, 11) is -3.85. The molecule has 2 aromatic rings. The van der Waals surface area contributed by atoms with Gasteiger partial charge in [0.05, 0.1) is 10.6 Å². The van der Waals surface area contributed by atoms with Crippen LogP contribution in [0.1, 0.15) is 31.4 Å². The quantitative estimate of drug-likeness (QED) is 0.808. The summed E-state index contributed by atoms with van der Waals surface area (Å²) in [5.74, 6) is -0.323. The van der Waals surface area contributed by atoms with Gasteiger partial charge in [-0.1, -0.05) is 36.8 Å². The van der Waals surface area contributed by atoms with E-state index in [1.165, 1.54) is 4.31 Å². The molecule has 5 nitrogen and oxygen atoms in total. The van der Waals surface area contributed by atoms with Crippen molar-refractivity contribution in [1.82, 2.24) is 5.32 Å². The van der Waals surface area contributed by atoms with Gasteiger partial charge in [0.15, 0.2) is 0 Å². The van der Waals surface area contributed by atoms with E-state index in [0.29, 0.717) is 5.69 Å². The fraction of sp³-hybridized carbons (Fsp3) is 0.350. The molecular formula is C20H26N2O3S. The van der Waals surface area contributed by atoms with Crippen molar-refractivity contribution in [2.75, 3.05) is 10.8 Å². The lowest BCUT2D eigenvalue weighted by atomic mass is 10.2. The molecule has 1 N–H and O–H groups in total. The Morgan fingerprint density at radius 3 is 2.31 bits per heavy atom. The minimum absolute atomic E-state index is 0.0102. The van der Waals surface area contributed by atoms with Crippen molar-refractivity contribution in [2.45, 2.75) is 45.1 Å². The Hall–Kier alpha value is -2.34. The Bertz CT molecular complexity index is 861. The Kier molecular flexibility index (Phi) is 6.42. The molecule has 0 spiro atoms. The molecule has 0 saturated carbocycles. The molecular weight excluding hydrogens is 348 g/mol. The third-order valence-corrected chi connectivity index (χ3v) is 5.99. The van der Waals surface area contributed by atoms with Crippen LogP contribution in [0.5, 0.6) is 0 Å². The molecule has 2 aromatic carbocycles. The van der Waals surface area contributed by atoms with Crippen LogP contribution in [0.25, 0.3) is 0 Å². The largest absolute Gasteiger partial charge is 0.352 e. The lowest BCUT2D eigenvalue weighted by Crippen LogP contribution is -2.43. The number of nitrogens with zero attached hydrogens (tertiary/aromatic N) is 1. The normalized spacial score (nSPS) is 12.5. The van der Waals surface area contributed by atoms with Crippen molar-refractivity contribution >= 4 is 21.6 Å². The van der Waals surface area contributed by atoms with E-state index in [1.54, 1.807) is 42.5 Å². The van der Waals surface area contributed by atoms with Gasteiger partial charge >= 0.3 is 0 Å². The van der Waals surface area contributed by atoms with Crippen molar-refractivity contribution in [1.29, 1.82) is 0 Å². The van der Waals surface area contributed by atoms with Crippen LogP contribution in [0, 0.1) is 13.8 Å². The predicted molar refractivity (Wildman–Crippen MR) is 105 cm³/mol. The molecule has 0 aromatic heterocycles. The number of benzene rings is 2. The minimum atomic E-state index is -3.85. The molecule has 0 saturated heterocycles. The molecule has 6 heteroatoms. The second-order valence-corrected chi connectivity index (χ2v) is 8.40. The van der Waals surface area contributed by atoms with Gasteiger partial charge in [-0.15, -0.1) is 0 Å². The monoisotopic (exact) mass is 374 g/mol. The number of anilines is 1. The van der Waals surface area contributed by atoms with Gasteiger partial charge in [-0.2, -0.15) is 0 Å².